The second-order valence-electron chi connectivity index (χ2n) is 3.01. The van der Waals surface area contributed by atoms with E-state index in [4.69, 9.17) is 4.52 Å². The van der Waals surface area contributed by atoms with Gasteiger partial charge in [-0.25, -0.2) is 0 Å². The van der Waals surface area contributed by atoms with Crippen molar-refractivity contribution >= 4 is 5.91 Å². The number of hydrogen-bond acceptors (Lipinski definition) is 3. The van der Waals surface area contributed by atoms with Gasteiger partial charge >= 0.3 is 0 Å². The largest absolute Gasteiger partial charge is 0.361 e. The molecule has 0 aromatic carbocycles. The number of aryl methyl sites for hydroxylation is 1. The van der Waals surface area contributed by atoms with Crippen molar-refractivity contribution in [3.05, 3.63) is 17.5 Å². The van der Waals surface area contributed by atoms with E-state index in [9.17, 15) is 4.79 Å². The minimum Gasteiger partial charge on any atom is -0.361 e. The molecule has 0 aliphatic carbocycles. The molecule has 0 saturated carbocycles. The number of rotatable bonds is 4. The standard InChI is InChI=1S/C10H16N2O2/c1-4-8-7-9(11-14-8)10(13)12(5-2)6-3/h7H,4-6H2,1-3H3. The van der Waals surface area contributed by atoms with Crippen LogP contribution in [0.25, 0.3) is 0 Å². The highest BCUT2D eigenvalue weighted by atomic mass is 16.5. The van der Waals surface area contributed by atoms with E-state index in [1.165, 1.54) is 0 Å². The Hall–Kier alpha value is -1.32. The molecule has 0 atom stereocenters. The SMILES string of the molecule is CCc1cc(C(=O)N(CC)CC)no1. The second-order valence-corrected chi connectivity index (χ2v) is 3.01. The highest BCUT2D eigenvalue weighted by Crippen LogP contribution is 2.07. The van der Waals surface area contributed by atoms with Gasteiger partial charge in [0.25, 0.3) is 5.91 Å². The summed E-state index contributed by atoms with van der Waals surface area (Å²) in [5, 5.41) is 3.74. The lowest BCUT2D eigenvalue weighted by atomic mass is 10.3. The Balaban J connectivity index is 2.77. The summed E-state index contributed by atoms with van der Waals surface area (Å²) in [6.07, 6.45) is 0.762. The lowest BCUT2D eigenvalue weighted by Gasteiger charge is -2.16. The highest BCUT2D eigenvalue weighted by molar-refractivity contribution is 5.92. The molecule has 0 aliphatic heterocycles. The summed E-state index contributed by atoms with van der Waals surface area (Å²) in [6, 6.07) is 1.71. The summed E-state index contributed by atoms with van der Waals surface area (Å²) in [5.41, 5.74) is 0.408. The van der Waals surface area contributed by atoms with Crippen LogP contribution in [0.4, 0.5) is 0 Å². The van der Waals surface area contributed by atoms with Crippen molar-refractivity contribution < 1.29 is 9.32 Å². The fourth-order valence-corrected chi connectivity index (χ4v) is 1.25. The average molecular weight is 196 g/mol. The third kappa shape index (κ3) is 2.13. The van der Waals surface area contributed by atoms with E-state index in [1.807, 2.05) is 20.8 Å². The predicted octanol–water partition coefficient (Wildman–Crippen LogP) is 1.72. The van der Waals surface area contributed by atoms with E-state index in [2.05, 4.69) is 5.16 Å². The van der Waals surface area contributed by atoms with Gasteiger partial charge in [-0.1, -0.05) is 12.1 Å². The minimum absolute atomic E-state index is 0.0570. The van der Waals surface area contributed by atoms with Gasteiger partial charge in [-0.3, -0.25) is 4.79 Å². The molecule has 0 bridgehead atoms. The van der Waals surface area contributed by atoms with Gasteiger partial charge in [-0.15, -0.1) is 0 Å². The van der Waals surface area contributed by atoms with Gasteiger partial charge in [-0.2, -0.15) is 0 Å². The molecule has 0 saturated heterocycles. The lowest BCUT2D eigenvalue weighted by Crippen LogP contribution is -2.30. The van der Waals surface area contributed by atoms with E-state index in [1.54, 1.807) is 11.0 Å². The summed E-state index contributed by atoms with van der Waals surface area (Å²) in [4.78, 5) is 13.5. The first kappa shape index (κ1) is 10.8. The zero-order valence-corrected chi connectivity index (χ0v) is 8.91. The molecule has 1 amide bonds. The monoisotopic (exact) mass is 196 g/mol. The normalized spacial score (nSPS) is 10.2. The minimum atomic E-state index is -0.0570. The van der Waals surface area contributed by atoms with Gasteiger partial charge in [-0.05, 0) is 13.8 Å². The molecule has 4 nitrogen and oxygen atoms in total. The van der Waals surface area contributed by atoms with Crippen LogP contribution < -0.4 is 0 Å². The number of hydrogen-bond donors (Lipinski definition) is 0. The summed E-state index contributed by atoms with van der Waals surface area (Å²) in [7, 11) is 0. The molecule has 4 heteroatoms. The third-order valence-corrected chi connectivity index (χ3v) is 2.18. The molecular weight excluding hydrogens is 180 g/mol. The van der Waals surface area contributed by atoms with Crippen LogP contribution in [0.3, 0.4) is 0 Å². The highest BCUT2D eigenvalue weighted by Gasteiger charge is 2.16. The molecule has 0 spiro atoms. The van der Waals surface area contributed by atoms with Crippen molar-refractivity contribution in [1.29, 1.82) is 0 Å². The summed E-state index contributed by atoms with van der Waals surface area (Å²) in [6.45, 7) is 7.25. The van der Waals surface area contributed by atoms with Crippen molar-refractivity contribution in [3.8, 4) is 0 Å². The Labute approximate surface area is 83.9 Å². The third-order valence-electron chi connectivity index (χ3n) is 2.18. The second kappa shape index (κ2) is 4.79. The molecule has 1 aromatic heterocycles. The number of carbonyl (C=O) groups is 1. The lowest BCUT2D eigenvalue weighted by molar-refractivity contribution is 0.0762. The molecule has 1 aromatic rings. The fourth-order valence-electron chi connectivity index (χ4n) is 1.25. The van der Waals surface area contributed by atoms with Crippen LogP contribution in [0, 0.1) is 0 Å². The molecule has 0 unspecified atom stereocenters. The number of carbonyl (C=O) groups excluding carboxylic acids is 1. The van der Waals surface area contributed by atoms with Crippen molar-refractivity contribution in [2.45, 2.75) is 27.2 Å². The average Bonchev–Trinajstić information content (AvgIpc) is 2.67. The summed E-state index contributed by atoms with van der Waals surface area (Å²) >= 11 is 0. The number of aromatic nitrogens is 1. The molecular formula is C10H16N2O2. The zero-order valence-electron chi connectivity index (χ0n) is 8.91. The van der Waals surface area contributed by atoms with Gasteiger partial charge in [0, 0.05) is 25.6 Å². The van der Waals surface area contributed by atoms with Gasteiger partial charge in [0.2, 0.25) is 0 Å². The predicted molar refractivity (Wildman–Crippen MR) is 53.1 cm³/mol. The number of amides is 1. The van der Waals surface area contributed by atoms with Crippen molar-refractivity contribution in [2.24, 2.45) is 0 Å². The topological polar surface area (TPSA) is 46.3 Å². The molecule has 0 aliphatic rings. The Morgan fingerprint density at radius 2 is 2.07 bits per heavy atom. The van der Waals surface area contributed by atoms with E-state index in [-0.39, 0.29) is 5.91 Å². The fraction of sp³-hybridized carbons (Fsp3) is 0.600. The van der Waals surface area contributed by atoms with Crippen LogP contribution in [0.5, 0.6) is 0 Å². The Morgan fingerprint density at radius 1 is 1.43 bits per heavy atom. The van der Waals surface area contributed by atoms with Gasteiger partial charge in [0.1, 0.15) is 5.76 Å². The zero-order chi connectivity index (χ0) is 10.6. The van der Waals surface area contributed by atoms with E-state index in [0.717, 1.165) is 12.2 Å². The molecule has 0 N–H and O–H groups in total. The molecule has 1 heterocycles. The first-order valence-corrected chi connectivity index (χ1v) is 4.97. The number of nitrogens with zero attached hydrogens (tertiary/aromatic N) is 2. The maximum atomic E-state index is 11.7. The molecule has 0 radical (unpaired) electrons. The van der Waals surface area contributed by atoms with Crippen LogP contribution in [0.2, 0.25) is 0 Å². The van der Waals surface area contributed by atoms with E-state index in [0.29, 0.717) is 18.8 Å². The Kier molecular flexibility index (Phi) is 3.68. The van der Waals surface area contributed by atoms with Gasteiger partial charge in [0.15, 0.2) is 5.69 Å². The quantitative estimate of drug-likeness (QED) is 0.736. The maximum absolute atomic E-state index is 11.7. The van der Waals surface area contributed by atoms with E-state index < -0.39 is 0 Å². The van der Waals surface area contributed by atoms with Gasteiger partial charge in [0.05, 0.1) is 0 Å². The molecule has 1 rings (SSSR count). The molecule has 0 fully saturated rings. The van der Waals surface area contributed by atoms with Crippen molar-refractivity contribution in [3.63, 3.8) is 0 Å². The van der Waals surface area contributed by atoms with Crippen LogP contribution in [-0.2, 0) is 6.42 Å². The molecule has 14 heavy (non-hydrogen) atoms. The summed E-state index contributed by atoms with van der Waals surface area (Å²) < 4.78 is 4.98. The van der Waals surface area contributed by atoms with Crippen LogP contribution >= 0.6 is 0 Å². The Bertz CT molecular complexity index is 303. The summed E-state index contributed by atoms with van der Waals surface area (Å²) in [5.74, 6) is 0.693. The van der Waals surface area contributed by atoms with Crippen LogP contribution in [0.15, 0.2) is 10.6 Å². The first-order chi connectivity index (χ1) is 6.72. The smallest absolute Gasteiger partial charge is 0.276 e. The maximum Gasteiger partial charge on any atom is 0.276 e. The van der Waals surface area contributed by atoms with Crippen LogP contribution in [0.1, 0.15) is 37.0 Å². The van der Waals surface area contributed by atoms with Crippen molar-refractivity contribution in [2.75, 3.05) is 13.1 Å². The van der Waals surface area contributed by atoms with Crippen molar-refractivity contribution in [1.82, 2.24) is 10.1 Å². The van der Waals surface area contributed by atoms with Gasteiger partial charge < -0.3 is 9.42 Å². The molecule has 78 valence electrons. The Morgan fingerprint density at radius 3 is 2.50 bits per heavy atom. The first-order valence-electron chi connectivity index (χ1n) is 4.97. The van der Waals surface area contributed by atoms with E-state index >= 15 is 0 Å². The van der Waals surface area contributed by atoms with Crippen LogP contribution in [-0.4, -0.2) is 29.1 Å².